The van der Waals surface area contributed by atoms with Crippen LogP contribution in [0.4, 0.5) is 23.2 Å². The molecule has 0 fully saturated rings. The third kappa shape index (κ3) is 5.11. The van der Waals surface area contributed by atoms with Gasteiger partial charge in [0.1, 0.15) is 5.82 Å². The second-order valence-corrected chi connectivity index (χ2v) is 7.03. The molecule has 2 aromatic heterocycles. The normalized spacial score (nSPS) is 11.6. The number of amides is 1. The van der Waals surface area contributed by atoms with Crippen LogP contribution < -0.4 is 4.90 Å². The van der Waals surface area contributed by atoms with Crippen molar-refractivity contribution in [3.05, 3.63) is 76.1 Å². The van der Waals surface area contributed by atoms with Crippen LogP contribution in [0.5, 0.6) is 0 Å². The van der Waals surface area contributed by atoms with Crippen molar-refractivity contribution in [2.24, 2.45) is 0 Å². The smallest absolute Gasteiger partial charge is 0.395 e. The molecule has 0 saturated heterocycles. The molecular formula is C21H20F4N4O3. The summed E-state index contributed by atoms with van der Waals surface area (Å²) in [6.07, 6.45) is -3.44. The highest BCUT2D eigenvalue weighted by atomic mass is 19.4. The maximum Gasteiger partial charge on any atom is 0.416 e. The lowest BCUT2D eigenvalue weighted by atomic mass is 10.0. The predicted octanol–water partition coefficient (Wildman–Crippen LogP) is 2.99. The number of aryl methyl sites for hydroxylation is 1. The van der Waals surface area contributed by atoms with E-state index in [2.05, 4.69) is 15.2 Å². The second kappa shape index (κ2) is 9.45. The molecule has 0 unspecified atom stereocenters. The number of aliphatic hydroxyl groups is 2. The monoisotopic (exact) mass is 452 g/mol. The van der Waals surface area contributed by atoms with Gasteiger partial charge in [-0.2, -0.15) is 18.3 Å². The van der Waals surface area contributed by atoms with Gasteiger partial charge in [-0.3, -0.25) is 14.9 Å². The van der Waals surface area contributed by atoms with Crippen molar-refractivity contribution in [3.63, 3.8) is 0 Å². The summed E-state index contributed by atoms with van der Waals surface area (Å²) < 4.78 is 52.7. The molecule has 0 saturated carbocycles. The molecule has 11 heteroatoms. The van der Waals surface area contributed by atoms with E-state index >= 15 is 0 Å². The molecule has 32 heavy (non-hydrogen) atoms. The molecule has 3 aromatic rings. The lowest BCUT2D eigenvalue weighted by molar-refractivity contribution is -0.137. The summed E-state index contributed by atoms with van der Waals surface area (Å²) in [4.78, 5) is 18.5. The van der Waals surface area contributed by atoms with Gasteiger partial charge in [-0.05, 0) is 42.8 Å². The lowest BCUT2D eigenvalue weighted by Crippen LogP contribution is -2.34. The van der Waals surface area contributed by atoms with E-state index in [9.17, 15) is 32.6 Å². The van der Waals surface area contributed by atoms with Gasteiger partial charge >= 0.3 is 6.18 Å². The number of nitrogens with one attached hydrogen (secondary N) is 1. The SMILES string of the molecule is Cc1n[nH]c(CO)c1C(=O)N(CCO)c1ccnc(Cc2cc(F)cc(C(F)(F)F)c2)c1. The molecule has 2 heterocycles. The van der Waals surface area contributed by atoms with Crippen molar-refractivity contribution < 1.29 is 32.6 Å². The zero-order chi connectivity index (χ0) is 23.5. The molecule has 0 atom stereocenters. The van der Waals surface area contributed by atoms with Gasteiger partial charge in [0.15, 0.2) is 0 Å². The summed E-state index contributed by atoms with van der Waals surface area (Å²) in [5.74, 6) is -1.55. The lowest BCUT2D eigenvalue weighted by Gasteiger charge is -2.22. The number of alkyl halides is 3. The molecular weight excluding hydrogens is 432 g/mol. The third-order valence-electron chi connectivity index (χ3n) is 4.74. The van der Waals surface area contributed by atoms with Gasteiger partial charge in [0.2, 0.25) is 0 Å². The number of H-pyrrole nitrogens is 1. The first kappa shape index (κ1) is 23.4. The van der Waals surface area contributed by atoms with Crippen LogP contribution in [0.15, 0.2) is 36.5 Å². The Balaban J connectivity index is 1.94. The molecule has 0 spiro atoms. The van der Waals surface area contributed by atoms with Crippen LogP contribution in [0, 0.1) is 12.7 Å². The summed E-state index contributed by atoms with van der Waals surface area (Å²) in [7, 11) is 0. The minimum absolute atomic E-state index is 0.0651. The van der Waals surface area contributed by atoms with E-state index in [0.717, 1.165) is 12.1 Å². The van der Waals surface area contributed by atoms with Gasteiger partial charge in [0.25, 0.3) is 5.91 Å². The highest BCUT2D eigenvalue weighted by Crippen LogP contribution is 2.31. The molecule has 3 rings (SSSR count). The highest BCUT2D eigenvalue weighted by Gasteiger charge is 2.31. The van der Waals surface area contributed by atoms with Crippen LogP contribution in [0.25, 0.3) is 0 Å². The van der Waals surface area contributed by atoms with Gasteiger partial charge < -0.3 is 15.1 Å². The van der Waals surface area contributed by atoms with Gasteiger partial charge in [-0.1, -0.05) is 0 Å². The summed E-state index contributed by atoms with van der Waals surface area (Å²) >= 11 is 0. The van der Waals surface area contributed by atoms with E-state index in [4.69, 9.17) is 0 Å². The molecule has 0 radical (unpaired) electrons. The molecule has 1 aromatic carbocycles. The van der Waals surface area contributed by atoms with Gasteiger partial charge in [-0.25, -0.2) is 4.39 Å². The fourth-order valence-corrected chi connectivity index (χ4v) is 3.32. The van der Waals surface area contributed by atoms with Crippen LogP contribution in [0.1, 0.15) is 38.6 Å². The topological polar surface area (TPSA) is 102 Å². The number of hydrogen-bond donors (Lipinski definition) is 3. The first-order chi connectivity index (χ1) is 15.1. The Morgan fingerprint density at radius 3 is 2.59 bits per heavy atom. The molecule has 0 bridgehead atoms. The highest BCUT2D eigenvalue weighted by molar-refractivity contribution is 6.07. The zero-order valence-corrected chi connectivity index (χ0v) is 16.9. The van der Waals surface area contributed by atoms with Crippen LogP contribution in [-0.2, 0) is 19.2 Å². The summed E-state index contributed by atoms with van der Waals surface area (Å²) in [6, 6.07) is 5.22. The zero-order valence-electron chi connectivity index (χ0n) is 16.9. The van der Waals surface area contributed by atoms with E-state index < -0.39 is 30.1 Å². The number of benzene rings is 1. The number of rotatable bonds is 7. The Kier molecular flexibility index (Phi) is 6.90. The standard InChI is InChI=1S/C21H20F4N4O3/c1-12-19(18(11-31)28-27-12)20(32)29(4-5-30)17-2-3-26-16(10-17)8-13-6-14(21(23,24)25)9-15(22)7-13/h2-3,6-7,9-10,30-31H,4-5,8,11H2,1H3,(H,27,28). The fraction of sp³-hybridized carbons (Fsp3) is 0.286. The Labute approximate surface area is 180 Å². The maximum absolute atomic E-state index is 13.7. The van der Waals surface area contributed by atoms with Gasteiger partial charge in [-0.15, -0.1) is 0 Å². The van der Waals surface area contributed by atoms with Crippen molar-refractivity contribution in [2.75, 3.05) is 18.1 Å². The van der Waals surface area contributed by atoms with Crippen LogP contribution >= 0.6 is 0 Å². The van der Waals surface area contributed by atoms with E-state index in [-0.39, 0.29) is 36.4 Å². The maximum atomic E-state index is 13.7. The second-order valence-electron chi connectivity index (χ2n) is 7.03. The number of anilines is 1. The number of aromatic amines is 1. The largest absolute Gasteiger partial charge is 0.416 e. The van der Waals surface area contributed by atoms with E-state index in [1.807, 2.05) is 0 Å². The number of carbonyl (C=O) groups excluding carboxylic acids is 1. The average molecular weight is 452 g/mol. The number of aliphatic hydroxyl groups excluding tert-OH is 2. The molecule has 7 nitrogen and oxygen atoms in total. The van der Waals surface area contributed by atoms with Crippen molar-refractivity contribution in [3.8, 4) is 0 Å². The summed E-state index contributed by atoms with van der Waals surface area (Å²) in [6.45, 7) is 0.682. The van der Waals surface area contributed by atoms with Crippen LogP contribution in [0.3, 0.4) is 0 Å². The minimum Gasteiger partial charge on any atom is -0.395 e. The Hall–Kier alpha value is -3.31. The Bertz CT molecular complexity index is 1110. The number of pyridine rings is 1. The summed E-state index contributed by atoms with van der Waals surface area (Å²) in [5, 5.41) is 25.4. The average Bonchev–Trinajstić information content (AvgIpc) is 3.11. The fourth-order valence-electron chi connectivity index (χ4n) is 3.32. The van der Waals surface area contributed by atoms with Crippen LogP contribution in [-0.4, -0.2) is 44.5 Å². The number of carbonyl (C=O) groups is 1. The number of nitrogens with zero attached hydrogens (tertiary/aromatic N) is 3. The van der Waals surface area contributed by atoms with Crippen molar-refractivity contribution in [1.29, 1.82) is 0 Å². The molecule has 3 N–H and O–H groups in total. The Morgan fingerprint density at radius 1 is 1.19 bits per heavy atom. The number of aromatic nitrogens is 3. The van der Waals surface area contributed by atoms with E-state index in [0.29, 0.717) is 23.1 Å². The first-order valence-electron chi connectivity index (χ1n) is 9.53. The molecule has 0 aliphatic rings. The molecule has 1 amide bonds. The first-order valence-corrected chi connectivity index (χ1v) is 9.53. The number of halogens is 4. The molecule has 0 aliphatic heterocycles. The van der Waals surface area contributed by atoms with Crippen molar-refractivity contribution in [2.45, 2.75) is 26.1 Å². The molecule has 170 valence electrons. The van der Waals surface area contributed by atoms with Gasteiger partial charge in [0, 0.05) is 30.5 Å². The van der Waals surface area contributed by atoms with E-state index in [1.54, 1.807) is 6.92 Å². The van der Waals surface area contributed by atoms with Crippen molar-refractivity contribution in [1.82, 2.24) is 15.2 Å². The quantitative estimate of drug-likeness (QED) is 0.479. The minimum atomic E-state index is -4.69. The Morgan fingerprint density at radius 2 is 1.94 bits per heavy atom. The third-order valence-corrected chi connectivity index (χ3v) is 4.74. The van der Waals surface area contributed by atoms with Crippen LogP contribution in [0.2, 0.25) is 0 Å². The van der Waals surface area contributed by atoms with Gasteiger partial charge in [0.05, 0.1) is 35.7 Å². The van der Waals surface area contributed by atoms with Crippen molar-refractivity contribution >= 4 is 11.6 Å². The molecule has 0 aliphatic carbocycles. The van der Waals surface area contributed by atoms with E-state index in [1.165, 1.54) is 23.2 Å². The summed E-state index contributed by atoms with van der Waals surface area (Å²) in [5.41, 5.74) is 0.302. The number of hydrogen-bond acceptors (Lipinski definition) is 5. The predicted molar refractivity (Wildman–Crippen MR) is 106 cm³/mol.